The maximum atomic E-state index is 11.2. The van der Waals surface area contributed by atoms with Crippen molar-refractivity contribution in [3.8, 4) is 0 Å². The molecule has 0 amide bonds. The van der Waals surface area contributed by atoms with Gasteiger partial charge in [-0.2, -0.15) is 0 Å². The molecule has 0 aliphatic carbocycles. The van der Waals surface area contributed by atoms with E-state index in [1.54, 1.807) is 0 Å². The highest BCUT2D eigenvalue weighted by Gasteiger charge is 2.20. The molecule has 0 saturated heterocycles. The number of unbranched alkanes of at least 4 members (excludes halogenated alkanes) is 12. The Labute approximate surface area is 211 Å². The van der Waals surface area contributed by atoms with E-state index >= 15 is 0 Å². The summed E-state index contributed by atoms with van der Waals surface area (Å²) in [5.74, 6) is 0.347. The van der Waals surface area contributed by atoms with E-state index in [1.165, 1.54) is 97.0 Å². The first kappa shape index (κ1) is 33.4. The number of hydrogen-bond acceptors (Lipinski definition) is 5. The molecule has 0 heterocycles. The fourth-order valence-corrected chi connectivity index (χ4v) is 4.38. The van der Waals surface area contributed by atoms with Crippen LogP contribution in [0.5, 0.6) is 0 Å². The molecule has 1 N–H and O–H groups in total. The van der Waals surface area contributed by atoms with E-state index < -0.39 is 0 Å². The molecular formula is C29H58O5. The van der Waals surface area contributed by atoms with Gasteiger partial charge in [-0.3, -0.25) is 4.79 Å². The second-order valence-electron chi connectivity index (χ2n) is 10.0. The average molecular weight is 487 g/mol. The summed E-state index contributed by atoms with van der Waals surface area (Å²) in [5.41, 5.74) is 0. The van der Waals surface area contributed by atoms with Gasteiger partial charge in [-0.15, -0.1) is 0 Å². The van der Waals surface area contributed by atoms with Crippen molar-refractivity contribution >= 4 is 5.97 Å². The molecule has 2 unspecified atom stereocenters. The summed E-state index contributed by atoms with van der Waals surface area (Å²) in [5, 5.41) is 9.73. The van der Waals surface area contributed by atoms with Crippen molar-refractivity contribution in [3.05, 3.63) is 0 Å². The van der Waals surface area contributed by atoms with Crippen molar-refractivity contribution in [3.63, 3.8) is 0 Å². The Balaban J connectivity index is 4.30. The summed E-state index contributed by atoms with van der Waals surface area (Å²) in [6.45, 7) is 7.78. The van der Waals surface area contributed by atoms with Gasteiger partial charge in [0.15, 0.2) is 0 Å². The van der Waals surface area contributed by atoms with Crippen LogP contribution in [0.2, 0.25) is 0 Å². The third-order valence-electron chi connectivity index (χ3n) is 6.80. The van der Waals surface area contributed by atoms with Gasteiger partial charge >= 0.3 is 5.97 Å². The lowest BCUT2D eigenvalue weighted by atomic mass is 9.93. The van der Waals surface area contributed by atoms with Gasteiger partial charge in [0, 0.05) is 13.0 Å². The molecule has 0 rings (SSSR count). The number of methoxy groups -OCH3 is 1. The molecule has 0 saturated carbocycles. The molecule has 5 nitrogen and oxygen atoms in total. The molecule has 0 aromatic rings. The Kier molecular flexibility index (Phi) is 25.0. The predicted octanol–water partition coefficient (Wildman–Crippen LogP) is 7.62. The van der Waals surface area contributed by atoms with E-state index in [2.05, 4.69) is 25.5 Å². The molecule has 204 valence electrons. The Morgan fingerprint density at radius 3 is 1.88 bits per heavy atom. The van der Waals surface area contributed by atoms with Crippen LogP contribution in [0.15, 0.2) is 0 Å². The van der Waals surface area contributed by atoms with Crippen molar-refractivity contribution in [2.24, 2.45) is 5.92 Å². The first-order valence-corrected chi connectivity index (χ1v) is 14.5. The number of aliphatic hydroxyl groups excluding tert-OH is 1. The zero-order valence-electron chi connectivity index (χ0n) is 23.2. The van der Waals surface area contributed by atoms with Crippen LogP contribution in [0.1, 0.15) is 136 Å². The molecule has 34 heavy (non-hydrogen) atoms. The number of ether oxygens (including phenoxy) is 3. The van der Waals surface area contributed by atoms with E-state index in [4.69, 9.17) is 9.47 Å². The fraction of sp³-hybridized carbons (Fsp3) is 0.966. The molecular weight excluding hydrogens is 428 g/mol. The van der Waals surface area contributed by atoms with Crippen molar-refractivity contribution in [2.75, 3.05) is 26.9 Å². The lowest BCUT2D eigenvalue weighted by Crippen LogP contribution is -2.30. The third-order valence-corrected chi connectivity index (χ3v) is 6.80. The summed E-state index contributed by atoms with van der Waals surface area (Å²) < 4.78 is 16.8. The summed E-state index contributed by atoms with van der Waals surface area (Å²) in [7, 11) is 1.41. The molecule has 0 aliphatic rings. The predicted molar refractivity (Wildman–Crippen MR) is 142 cm³/mol. The van der Waals surface area contributed by atoms with Gasteiger partial charge in [-0.25, -0.2) is 0 Å². The van der Waals surface area contributed by atoms with E-state index in [1.807, 2.05) is 0 Å². The van der Waals surface area contributed by atoms with Gasteiger partial charge in [-0.05, 0) is 31.6 Å². The first-order chi connectivity index (χ1) is 16.6. The van der Waals surface area contributed by atoms with Gasteiger partial charge in [0.1, 0.15) is 6.10 Å². The van der Waals surface area contributed by atoms with Crippen LogP contribution in [-0.2, 0) is 19.0 Å². The zero-order chi connectivity index (χ0) is 25.3. The number of esters is 1. The Bertz CT molecular complexity index is 429. The van der Waals surface area contributed by atoms with Crippen molar-refractivity contribution in [1.82, 2.24) is 0 Å². The second kappa shape index (κ2) is 25.4. The molecule has 5 heteroatoms. The normalized spacial score (nSPS) is 14.1. The Morgan fingerprint density at radius 1 is 0.735 bits per heavy atom. The van der Waals surface area contributed by atoms with Gasteiger partial charge in [-0.1, -0.05) is 104 Å². The highest BCUT2D eigenvalue weighted by Crippen LogP contribution is 2.22. The first-order valence-electron chi connectivity index (χ1n) is 14.5. The minimum Gasteiger partial charge on any atom is -0.469 e. The Hall–Kier alpha value is -0.650. The lowest BCUT2D eigenvalue weighted by Gasteiger charge is -2.27. The molecule has 0 aromatic heterocycles. The maximum Gasteiger partial charge on any atom is 0.305 e. The van der Waals surface area contributed by atoms with Gasteiger partial charge in [0.25, 0.3) is 0 Å². The zero-order valence-corrected chi connectivity index (χ0v) is 23.2. The second-order valence-corrected chi connectivity index (χ2v) is 10.0. The number of carbonyl (C=O) groups is 1. The fourth-order valence-electron chi connectivity index (χ4n) is 4.38. The topological polar surface area (TPSA) is 65.0 Å². The number of aliphatic hydroxyl groups is 1. The quantitative estimate of drug-likeness (QED) is 0.101. The van der Waals surface area contributed by atoms with Crippen LogP contribution in [0.4, 0.5) is 0 Å². The molecule has 0 radical (unpaired) electrons. The van der Waals surface area contributed by atoms with Gasteiger partial charge in [0.05, 0.1) is 26.4 Å². The van der Waals surface area contributed by atoms with E-state index in [9.17, 15) is 9.90 Å². The number of carbonyl (C=O) groups excluding carboxylic acids is 1. The minimum absolute atomic E-state index is 0.0351. The van der Waals surface area contributed by atoms with Crippen molar-refractivity contribution in [2.45, 2.75) is 149 Å². The summed E-state index contributed by atoms with van der Waals surface area (Å²) in [4.78, 5) is 11.2. The highest BCUT2D eigenvalue weighted by molar-refractivity contribution is 5.68. The van der Waals surface area contributed by atoms with E-state index in [0.29, 0.717) is 25.6 Å². The van der Waals surface area contributed by atoms with Crippen LogP contribution in [0.3, 0.4) is 0 Å². The van der Waals surface area contributed by atoms with Crippen LogP contribution in [0.25, 0.3) is 0 Å². The maximum absolute atomic E-state index is 11.2. The number of rotatable bonds is 26. The van der Waals surface area contributed by atoms with Gasteiger partial charge in [0.2, 0.25) is 0 Å². The standard InChI is InChI=1S/C29H58O5/c1-5-7-9-11-12-13-14-15-17-21-28(26(3)20-16-10-8-6-2)34-25-27(24-30)33-23-19-18-22-29(31)32-4/h26-28,30H,5-25H2,1-4H3/t26?,27-,28?/m0/s1. The van der Waals surface area contributed by atoms with Crippen LogP contribution in [0, 0.1) is 5.92 Å². The van der Waals surface area contributed by atoms with E-state index in [0.717, 1.165) is 19.3 Å². The minimum atomic E-state index is -0.295. The monoisotopic (exact) mass is 486 g/mol. The van der Waals surface area contributed by atoms with Crippen molar-refractivity contribution in [1.29, 1.82) is 0 Å². The molecule has 0 aliphatic heterocycles. The number of hydrogen-bond donors (Lipinski definition) is 1. The lowest BCUT2D eigenvalue weighted by molar-refractivity contribution is -0.140. The molecule has 3 atom stereocenters. The van der Waals surface area contributed by atoms with Gasteiger partial charge < -0.3 is 19.3 Å². The molecule has 0 fully saturated rings. The molecule has 0 bridgehead atoms. The summed E-state index contributed by atoms with van der Waals surface area (Å²) in [6, 6.07) is 0. The largest absolute Gasteiger partial charge is 0.469 e. The van der Waals surface area contributed by atoms with Crippen molar-refractivity contribution < 1.29 is 24.1 Å². The molecule has 0 spiro atoms. The summed E-state index contributed by atoms with van der Waals surface area (Å²) in [6.07, 6.45) is 21.4. The smallest absolute Gasteiger partial charge is 0.305 e. The molecule has 0 aromatic carbocycles. The van der Waals surface area contributed by atoms with E-state index in [-0.39, 0.29) is 24.8 Å². The third kappa shape index (κ3) is 20.7. The summed E-state index contributed by atoms with van der Waals surface area (Å²) >= 11 is 0. The van der Waals surface area contributed by atoms with Crippen LogP contribution >= 0.6 is 0 Å². The SMILES string of the molecule is CCCCCCCCCCCC(OC[C@H](CO)OCCCCC(=O)OC)C(C)CCCCCC. The Morgan fingerprint density at radius 2 is 1.29 bits per heavy atom. The average Bonchev–Trinajstić information content (AvgIpc) is 2.85. The highest BCUT2D eigenvalue weighted by atomic mass is 16.5. The van der Waals surface area contributed by atoms with Crippen LogP contribution in [-0.4, -0.2) is 50.2 Å². The van der Waals surface area contributed by atoms with Crippen LogP contribution < -0.4 is 0 Å².